The Balaban J connectivity index is 3.46. The second-order valence-corrected chi connectivity index (χ2v) is 6.25. The number of carboxylic acids is 1. The maximum atomic E-state index is 12.8. The van der Waals surface area contributed by atoms with E-state index in [9.17, 15) is 26.4 Å². The highest BCUT2D eigenvalue weighted by Crippen LogP contribution is 2.35. The molecule has 8 heteroatoms. The number of halogens is 3. The molecule has 0 spiro atoms. The Hall–Kier alpha value is -1.57. The van der Waals surface area contributed by atoms with E-state index in [2.05, 4.69) is 0 Å². The number of benzene rings is 1. The van der Waals surface area contributed by atoms with E-state index in [0.717, 1.165) is 18.2 Å². The van der Waals surface area contributed by atoms with Gasteiger partial charge in [-0.1, -0.05) is 25.5 Å². The van der Waals surface area contributed by atoms with Crippen LogP contribution in [0.2, 0.25) is 0 Å². The average Bonchev–Trinajstić information content (AvgIpc) is 2.34. The van der Waals surface area contributed by atoms with Crippen LogP contribution >= 0.6 is 0 Å². The van der Waals surface area contributed by atoms with Crippen molar-refractivity contribution in [3.05, 3.63) is 29.8 Å². The zero-order chi connectivity index (χ0) is 15.6. The van der Waals surface area contributed by atoms with Gasteiger partial charge in [0.05, 0.1) is 10.5 Å². The predicted octanol–water partition coefficient (Wildman–Crippen LogP) is 2.73. The summed E-state index contributed by atoms with van der Waals surface area (Å²) in [5, 5.41) is 7.06. The van der Waals surface area contributed by atoms with E-state index >= 15 is 0 Å². The van der Waals surface area contributed by atoms with Gasteiger partial charge in [0.15, 0.2) is 15.1 Å². The third-order valence-electron chi connectivity index (χ3n) is 2.70. The van der Waals surface area contributed by atoms with Crippen LogP contribution < -0.4 is 0 Å². The summed E-state index contributed by atoms with van der Waals surface area (Å²) in [6, 6.07) is 3.59. The van der Waals surface area contributed by atoms with Gasteiger partial charge in [0, 0.05) is 0 Å². The van der Waals surface area contributed by atoms with Gasteiger partial charge < -0.3 is 5.11 Å². The van der Waals surface area contributed by atoms with E-state index in [-0.39, 0.29) is 12.8 Å². The van der Waals surface area contributed by atoms with Gasteiger partial charge >= 0.3 is 12.1 Å². The number of rotatable bonds is 5. The molecule has 0 saturated heterocycles. The topological polar surface area (TPSA) is 71.4 Å². The van der Waals surface area contributed by atoms with Gasteiger partial charge in [0.2, 0.25) is 0 Å². The van der Waals surface area contributed by atoms with Crippen molar-refractivity contribution in [2.75, 3.05) is 0 Å². The summed E-state index contributed by atoms with van der Waals surface area (Å²) in [6.07, 6.45) is -4.88. The fourth-order valence-corrected chi connectivity index (χ4v) is 3.65. The third kappa shape index (κ3) is 3.30. The summed E-state index contributed by atoms with van der Waals surface area (Å²) >= 11 is 0. The van der Waals surface area contributed by atoms with Crippen LogP contribution in [0.5, 0.6) is 0 Å². The molecule has 1 atom stereocenters. The van der Waals surface area contributed by atoms with Gasteiger partial charge in [0.25, 0.3) is 0 Å². The molecule has 20 heavy (non-hydrogen) atoms. The number of carboxylic acid groups (broad SMARTS) is 1. The smallest absolute Gasteiger partial charge is 0.417 e. The van der Waals surface area contributed by atoms with Gasteiger partial charge in [-0.3, -0.25) is 4.79 Å². The summed E-state index contributed by atoms with van der Waals surface area (Å²) in [6.45, 7) is 1.56. The molecule has 1 aromatic rings. The third-order valence-corrected chi connectivity index (χ3v) is 4.86. The zero-order valence-corrected chi connectivity index (χ0v) is 11.3. The maximum Gasteiger partial charge on any atom is 0.417 e. The van der Waals surface area contributed by atoms with Crippen LogP contribution in [0.1, 0.15) is 25.3 Å². The fourth-order valence-electron chi connectivity index (χ4n) is 1.78. The molecular weight excluding hydrogens is 297 g/mol. The Morgan fingerprint density at radius 3 is 2.30 bits per heavy atom. The predicted molar refractivity (Wildman–Crippen MR) is 65.0 cm³/mol. The van der Waals surface area contributed by atoms with Crippen LogP contribution in [0.25, 0.3) is 0 Å². The molecule has 1 aromatic carbocycles. The first-order valence-electron chi connectivity index (χ1n) is 5.75. The summed E-state index contributed by atoms with van der Waals surface area (Å²) in [7, 11) is -4.60. The molecule has 0 heterocycles. The van der Waals surface area contributed by atoms with E-state index in [0.29, 0.717) is 6.07 Å². The zero-order valence-electron chi connectivity index (χ0n) is 10.5. The number of aliphatic carboxylic acids is 1. The lowest BCUT2D eigenvalue weighted by atomic mass is 10.2. The monoisotopic (exact) mass is 310 g/mol. The van der Waals surface area contributed by atoms with Crippen molar-refractivity contribution in [3.63, 3.8) is 0 Å². The minimum Gasteiger partial charge on any atom is -0.480 e. The number of hydrogen-bond donors (Lipinski definition) is 1. The maximum absolute atomic E-state index is 12.8. The van der Waals surface area contributed by atoms with Gasteiger partial charge in [-0.05, 0) is 18.6 Å². The Kier molecular flexibility index (Phi) is 4.80. The Morgan fingerprint density at radius 1 is 1.30 bits per heavy atom. The average molecular weight is 310 g/mol. The molecule has 0 aliphatic rings. The number of sulfone groups is 1. The molecule has 0 bridgehead atoms. The molecule has 0 saturated carbocycles. The van der Waals surface area contributed by atoms with Crippen molar-refractivity contribution in [2.45, 2.75) is 36.1 Å². The van der Waals surface area contributed by atoms with E-state index < -0.39 is 37.7 Å². The molecule has 0 fully saturated rings. The van der Waals surface area contributed by atoms with Crippen LogP contribution in [-0.2, 0) is 20.8 Å². The Morgan fingerprint density at radius 2 is 1.85 bits per heavy atom. The van der Waals surface area contributed by atoms with Gasteiger partial charge in [0.1, 0.15) is 0 Å². The first kappa shape index (κ1) is 16.5. The van der Waals surface area contributed by atoms with E-state index in [1.807, 2.05) is 0 Å². The molecule has 112 valence electrons. The Labute approximate surface area is 114 Å². The molecule has 0 aliphatic heterocycles. The standard InChI is InChI=1S/C12H13F3O4S/c1-2-5-10(11(16)17)20(18,19)9-7-4-3-6-8(9)12(13,14)15/h3-4,6-7,10H,2,5H2,1H3,(H,16,17). The highest BCUT2D eigenvalue weighted by molar-refractivity contribution is 7.92. The quantitative estimate of drug-likeness (QED) is 0.907. The normalized spacial score (nSPS) is 14.0. The van der Waals surface area contributed by atoms with Crippen LogP contribution in [0.4, 0.5) is 13.2 Å². The lowest BCUT2D eigenvalue weighted by molar-refractivity contribution is -0.140. The molecule has 0 radical (unpaired) electrons. The summed E-state index contributed by atoms with van der Waals surface area (Å²) in [5.41, 5.74) is -1.35. The van der Waals surface area contributed by atoms with E-state index in [1.165, 1.54) is 0 Å². The highest BCUT2D eigenvalue weighted by atomic mass is 32.2. The first-order valence-corrected chi connectivity index (χ1v) is 7.30. The minimum absolute atomic E-state index is 0.227. The molecule has 0 aliphatic carbocycles. The number of hydrogen-bond acceptors (Lipinski definition) is 3. The van der Waals surface area contributed by atoms with Crippen molar-refractivity contribution in [1.29, 1.82) is 0 Å². The molecule has 0 amide bonds. The molecule has 1 unspecified atom stereocenters. The van der Waals surface area contributed by atoms with Crippen LogP contribution in [0.15, 0.2) is 29.2 Å². The number of carbonyl (C=O) groups is 1. The van der Waals surface area contributed by atoms with E-state index in [4.69, 9.17) is 5.11 Å². The van der Waals surface area contributed by atoms with Crippen molar-refractivity contribution < 1.29 is 31.5 Å². The SMILES string of the molecule is CCCC(C(=O)O)S(=O)(=O)c1ccccc1C(F)(F)F. The first-order chi connectivity index (χ1) is 9.12. The van der Waals surface area contributed by atoms with Gasteiger partial charge in [-0.25, -0.2) is 8.42 Å². The molecule has 1 N–H and O–H groups in total. The molecule has 1 rings (SSSR count). The number of alkyl halides is 3. The molecular formula is C12H13F3O4S. The second-order valence-electron chi connectivity index (χ2n) is 4.15. The van der Waals surface area contributed by atoms with Crippen molar-refractivity contribution in [3.8, 4) is 0 Å². The molecule has 0 aromatic heterocycles. The fraction of sp³-hybridized carbons (Fsp3) is 0.417. The van der Waals surface area contributed by atoms with E-state index in [1.54, 1.807) is 6.92 Å². The van der Waals surface area contributed by atoms with Crippen molar-refractivity contribution in [2.24, 2.45) is 0 Å². The highest BCUT2D eigenvalue weighted by Gasteiger charge is 2.41. The molecule has 4 nitrogen and oxygen atoms in total. The summed E-state index contributed by atoms with van der Waals surface area (Å²) in [4.78, 5) is 10.0. The van der Waals surface area contributed by atoms with Crippen LogP contribution in [-0.4, -0.2) is 24.7 Å². The lowest BCUT2D eigenvalue weighted by Gasteiger charge is -2.17. The summed E-state index contributed by atoms with van der Waals surface area (Å²) in [5.74, 6) is -1.65. The minimum atomic E-state index is -4.86. The van der Waals surface area contributed by atoms with Crippen LogP contribution in [0.3, 0.4) is 0 Å². The largest absolute Gasteiger partial charge is 0.480 e. The van der Waals surface area contributed by atoms with Gasteiger partial charge in [-0.2, -0.15) is 13.2 Å². The second kappa shape index (κ2) is 5.82. The lowest BCUT2D eigenvalue weighted by Crippen LogP contribution is -2.31. The van der Waals surface area contributed by atoms with Gasteiger partial charge in [-0.15, -0.1) is 0 Å². The van der Waals surface area contributed by atoms with Crippen molar-refractivity contribution in [1.82, 2.24) is 0 Å². The Bertz CT molecular complexity index is 593. The summed E-state index contributed by atoms with van der Waals surface area (Å²) < 4.78 is 62.8. The van der Waals surface area contributed by atoms with Crippen LogP contribution in [0, 0.1) is 0 Å². The van der Waals surface area contributed by atoms with Crippen molar-refractivity contribution >= 4 is 15.8 Å².